The van der Waals surface area contributed by atoms with Crippen LogP contribution in [0.25, 0.3) is 21.9 Å². The molecule has 0 atom stereocenters. The van der Waals surface area contributed by atoms with E-state index in [-0.39, 0.29) is 33.4 Å². The first kappa shape index (κ1) is 12.2. The van der Waals surface area contributed by atoms with Crippen molar-refractivity contribution in [3.8, 4) is 23.0 Å². The van der Waals surface area contributed by atoms with E-state index < -0.39 is 16.9 Å². The predicted molar refractivity (Wildman–Crippen MR) is 71.5 cm³/mol. The summed E-state index contributed by atoms with van der Waals surface area (Å²) in [6.45, 7) is 0. The topological polar surface area (TPSA) is 100 Å². The maximum atomic E-state index is 12.5. The van der Waals surface area contributed by atoms with Crippen LogP contribution in [0.3, 0.4) is 0 Å². The zero-order chi connectivity index (χ0) is 14.4. The fourth-order valence-electron chi connectivity index (χ4n) is 2.14. The van der Waals surface area contributed by atoms with Crippen molar-refractivity contribution in [3.63, 3.8) is 0 Å². The van der Waals surface area contributed by atoms with Crippen LogP contribution in [0.2, 0.25) is 0 Å². The molecule has 102 valence electrons. The van der Waals surface area contributed by atoms with Gasteiger partial charge in [-0.05, 0) is 24.3 Å². The molecule has 6 nitrogen and oxygen atoms in total. The Bertz CT molecular complexity index is 894. The summed E-state index contributed by atoms with van der Waals surface area (Å²) in [6, 6.07) is 5.30. The first-order chi connectivity index (χ1) is 9.54. The van der Waals surface area contributed by atoms with Gasteiger partial charge in [0.2, 0.25) is 5.43 Å². The van der Waals surface area contributed by atoms with Crippen molar-refractivity contribution in [1.82, 2.24) is 0 Å². The van der Waals surface area contributed by atoms with E-state index in [1.54, 1.807) is 0 Å². The Balaban J connectivity index is 2.66. The summed E-state index contributed by atoms with van der Waals surface area (Å²) in [6.07, 6.45) is 0. The van der Waals surface area contributed by atoms with Crippen LogP contribution in [0.5, 0.6) is 23.0 Å². The molecule has 0 radical (unpaired) electrons. The van der Waals surface area contributed by atoms with Crippen LogP contribution in [-0.4, -0.2) is 22.4 Å². The maximum absolute atomic E-state index is 12.5. The van der Waals surface area contributed by atoms with Crippen LogP contribution < -0.4 is 10.2 Å². The monoisotopic (exact) mass is 274 g/mol. The van der Waals surface area contributed by atoms with E-state index in [9.17, 15) is 20.1 Å². The second-order valence-electron chi connectivity index (χ2n) is 4.23. The number of methoxy groups -OCH3 is 1. The molecule has 0 saturated carbocycles. The fourth-order valence-corrected chi connectivity index (χ4v) is 2.14. The summed E-state index contributed by atoms with van der Waals surface area (Å²) < 4.78 is 10.5. The molecule has 3 N–H and O–H groups in total. The quantitative estimate of drug-likeness (QED) is 0.464. The summed E-state index contributed by atoms with van der Waals surface area (Å²) >= 11 is 0. The van der Waals surface area contributed by atoms with Gasteiger partial charge in [-0.1, -0.05) is 0 Å². The van der Waals surface area contributed by atoms with Crippen molar-refractivity contribution in [1.29, 1.82) is 0 Å². The number of hydrogen-bond donors (Lipinski definition) is 3. The van der Waals surface area contributed by atoms with Gasteiger partial charge in [-0.25, -0.2) is 0 Å². The summed E-state index contributed by atoms with van der Waals surface area (Å²) in [5, 5.41) is 28.9. The van der Waals surface area contributed by atoms with Crippen molar-refractivity contribution < 1.29 is 24.5 Å². The molecule has 0 saturated heterocycles. The molecule has 0 aliphatic heterocycles. The van der Waals surface area contributed by atoms with Gasteiger partial charge in [0.05, 0.1) is 7.11 Å². The van der Waals surface area contributed by atoms with Gasteiger partial charge in [-0.3, -0.25) is 4.79 Å². The number of rotatable bonds is 1. The lowest BCUT2D eigenvalue weighted by Crippen LogP contribution is -2.04. The molecular formula is C14H10O6. The van der Waals surface area contributed by atoms with Crippen LogP contribution >= 0.6 is 0 Å². The Morgan fingerprint density at radius 1 is 1.00 bits per heavy atom. The molecule has 3 aromatic rings. The Hall–Kier alpha value is -2.89. The van der Waals surface area contributed by atoms with Crippen LogP contribution in [0, 0.1) is 0 Å². The maximum Gasteiger partial charge on any atom is 0.208 e. The van der Waals surface area contributed by atoms with Crippen LogP contribution in [0.4, 0.5) is 0 Å². The van der Waals surface area contributed by atoms with Crippen molar-refractivity contribution in [2.75, 3.05) is 7.11 Å². The molecule has 0 aliphatic carbocycles. The van der Waals surface area contributed by atoms with E-state index in [1.165, 1.54) is 31.4 Å². The zero-order valence-corrected chi connectivity index (χ0v) is 10.4. The standard InChI is InChI=1S/C14H10O6/c1-19-8-4-3-7(16)14-11(8)13(18)10-9(20-14)5-2-6(15)12(10)17/h2-5,15-17H,1H3. The van der Waals surface area contributed by atoms with Gasteiger partial charge in [0.15, 0.2) is 22.8 Å². The Morgan fingerprint density at radius 3 is 2.40 bits per heavy atom. The molecule has 6 heteroatoms. The van der Waals surface area contributed by atoms with Crippen LogP contribution in [-0.2, 0) is 0 Å². The Kier molecular flexibility index (Phi) is 2.47. The van der Waals surface area contributed by atoms with Gasteiger partial charge in [-0.2, -0.15) is 0 Å². The molecule has 1 heterocycles. The molecule has 0 fully saturated rings. The first-order valence-electron chi connectivity index (χ1n) is 5.72. The zero-order valence-electron chi connectivity index (χ0n) is 10.4. The van der Waals surface area contributed by atoms with Crippen molar-refractivity contribution >= 4 is 21.9 Å². The minimum absolute atomic E-state index is 0.000833. The van der Waals surface area contributed by atoms with E-state index in [0.29, 0.717) is 0 Å². The number of phenols is 3. The molecule has 0 unspecified atom stereocenters. The summed E-state index contributed by atoms with van der Waals surface area (Å²) in [5.74, 6) is -1.00. The van der Waals surface area contributed by atoms with Gasteiger partial charge in [0.25, 0.3) is 0 Å². The number of hydrogen-bond acceptors (Lipinski definition) is 6. The largest absolute Gasteiger partial charge is 0.504 e. The smallest absolute Gasteiger partial charge is 0.208 e. The van der Waals surface area contributed by atoms with Crippen molar-refractivity contribution in [3.05, 3.63) is 34.5 Å². The second-order valence-corrected chi connectivity index (χ2v) is 4.23. The van der Waals surface area contributed by atoms with Gasteiger partial charge in [0, 0.05) is 0 Å². The molecule has 1 aromatic heterocycles. The first-order valence-corrected chi connectivity index (χ1v) is 5.72. The van der Waals surface area contributed by atoms with Gasteiger partial charge >= 0.3 is 0 Å². The van der Waals surface area contributed by atoms with Crippen molar-refractivity contribution in [2.45, 2.75) is 0 Å². The lowest BCUT2D eigenvalue weighted by atomic mass is 10.1. The molecular weight excluding hydrogens is 264 g/mol. The number of aromatic hydroxyl groups is 3. The van der Waals surface area contributed by atoms with E-state index >= 15 is 0 Å². The van der Waals surface area contributed by atoms with Gasteiger partial charge in [0.1, 0.15) is 22.1 Å². The lowest BCUT2D eigenvalue weighted by Gasteiger charge is -2.08. The minimum atomic E-state index is -0.595. The highest BCUT2D eigenvalue weighted by Gasteiger charge is 2.19. The highest BCUT2D eigenvalue weighted by atomic mass is 16.5. The number of benzene rings is 2. The van der Waals surface area contributed by atoms with Gasteiger partial charge in [-0.15, -0.1) is 0 Å². The highest BCUT2D eigenvalue weighted by molar-refractivity contribution is 5.98. The van der Waals surface area contributed by atoms with E-state index in [0.717, 1.165) is 0 Å². The molecule has 3 rings (SSSR count). The predicted octanol–water partition coefficient (Wildman–Crippen LogP) is 2.07. The average Bonchev–Trinajstić information content (AvgIpc) is 2.44. The van der Waals surface area contributed by atoms with Crippen LogP contribution in [0.15, 0.2) is 33.5 Å². The number of phenolic OH excluding ortho intramolecular Hbond substituents is 3. The van der Waals surface area contributed by atoms with E-state index in [1.807, 2.05) is 0 Å². The third kappa shape index (κ3) is 1.48. The molecule has 20 heavy (non-hydrogen) atoms. The van der Waals surface area contributed by atoms with Crippen molar-refractivity contribution in [2.24, 2.45) is 0 Å². The Morgan fingerprint density at radius 2 is 1.70 bits per heavy atom. The highest BCUT2D eigenvalue weighted by Crippen LogP contribution is 2.37. The molecule has 0 aliphatic rings. The Labute approximate surface area is 112 Å². The third-order valence-electron chi connectivity index (χ3n) is 3.10. The molecule has 0 bridgehead atoms. The lowest BCUT2D eigenvalue weighted by molar-refractivity contribution is 0.406. The summed E-state index contributed by atoms with van der Waals surface area (Å²) in [5.41, 5.74) is -0.573. The second kappa shape index (κ2) is 4.06. The van der Waals surface area contributed by atoms with Gasteiger partial charge < -0.3 is 24.5 Å². The molecule has 0 spiro atoms. The van der Waals surface area contributed by atoms with E-state index in [4.69, 9.17) is 9.15 Å². The molecule has 2 aromatic carbocycles. The minimum Gasteiger partial charge on any atom is -0.504 e. The number of fused-ring (bicyclic) bond motifs is 2. The SMILES string of the molecule is COc1ccc(O)c2oc3ccc(O)c(O)c3c(=O)c12. The van der Waals surface area contributed by atoms with Crippen LogP contribution in [0.1, 0.15) is 0 Å². The normalized spacial score (nSPS) is 11.1. The average molecular weight is 274 g/mol. The molecule has 0 amide bonds. The number of ether oxygens (including phenoxy) is 1. The van der Waals surface area contributed by atoms with E-state index in [2.05, 4.69) is 0 Å². The summed E-state index contributed by atoms with van der Waals surface area (Å²) in [4.78, 5) is 12.5. The fraction of sp³-hybridized carbons (Fsp3) is 0.0714. The third-order valence-corrected chi connectivity index (χ3v) is 3.10. The summed E-state index contributed by atoms with van der Waals surface area (Å²) in [7, 11) is 1.37.